The van der Waals surface area contributed by atoms with Crippen molar-refractivity contribution in [3.63, 3.8) is 0 Å². The Kier molecular flexibility index (Phi) is 7.33. The third kappa shape index (κ3) is 5.85. The van der Waals surface area contributed by atoms with Gasteiger partial charge >= 0.3 is 7.59 Å². The molecule has 0 aliphatic rings. The van der Waals surface area contributed by atoms with Gasteiger partial charge in [0.2, 0.25) is 0 Å². The smallest absolute Gasteiger partial charge is 0.279 e. The molecule has 3 aromatic rings. The van der Waals surface area contributed by atoms with Crippen LogP contribution in [-0.4, -0.2) is 5.91 Å². The normalized spacial score (nSPS) is 13.4. The van der Waals surface area contributed by atoms with E-state index in [1.165, 1.54) is 0 Å². The van der Waals surface area contributed by atoms with Crippen molar-refractivity contribution in [2.24, 2.45) is 0 Å². The third-order valence-corrected chi connectivity index (χ3v) is 6.82. The van der Waals surface area contributed by atoms with Crippen LogP contribution in [0.25, 0.3) is 0 Å². The van der Waals surface area contributed by atoms with E-state index in [1.54, 1.807) is 13.8 Å². The van der Waals surface area contributed by atoms with Crippen LogP contribution >= 0.6 is 7.59 Å². The minimum Gasteiger partial charge on any atom is -0.279 e. The molecule has 0 unspecified atom stereocenters. The van der Waals surface area contributed by atoms with E-state index < -0.39 is 42.8 Å². The molecule has 0 aromatic heterocycles. The Hall–Kier alpha value is -2.86. The number of hydrogen-bond acceptors (Lipinski definition) is 2. The van der Waals surface area contributed by atoms with Crippen LogP contribution in [0, 0.1) is 11.6 Å². The number of carbonyl (C=O) groups excluding carboxylic acids is 1. The maximum absolute atomic E-state index is 14.1. The van der Waals surface area contributed by atoms with Crippen molar-refractivity contribution in [1.82, 2.24) is 15.3 Å². The molecule has 8 heteroatoms. The van der Waals surface area contributed by atoms with Crippen LogP contribution in [-0.2, 0) is 4.57 Å². The number of benzene rings is 3. The summed E-state index contributed by atoms with van der Waals surface area (Å²) in [6.07, 6.45) is 0. The van der Waals surface area contributed by atoms with E-state index >= 15 is 0 Å². The minimum absolute atomic E-state index is 0.423. The summed E-state index contributed by atoms with van der Waals surface area (Å²) >= 11 is 0. The summed E-state index contributed by atoms with van der Waals surface area (Å²) in [6, 6.07) is 20.7. The van der Waals surface area contributed by atoms with E-state index in [9.17, 15) is 18.1 Å². The van der Waals surface area contributed by atoms with Gasteiger partial charge in [-0.2, -0.15) is 0 Å². The number of carbonyl (C=O) groups is 1. The van der Waals surface area contributed by atoms with Gasteiger partial charge < -0.3 is 0 Å². The van der Waals surface area contributed by atoms with Crippen LogP contribution < -0.4 is 15.3 Å². The highest BCUT2D eigenvalue weighted by Crippen LogP contribution is 2.39. The molecule has 31 heavy (non-hydrogen) atoms. The summed E-state index contributed by atoms with van der Waals surface area (Å²) < 4.78 is 42.0. The minimum atomic E-state index is -3.86. The first-order valence-electron chi connectivity index (χ1n) is 9.81. The molecular weight excluding hydrogens is 419 g/mol. The SMILES string of the molecule is C[C@@H](NP(=O)(NC(=O)c1c(F)cccc1F)N[C@H](C)c1ccccc1)c1ccccc1. The lowest BCUT2D eigenvalue weighted by Gasteiger charge is -2.28. The maximum atomic E-state index is 14.1. The summed E-state index contributed by atoms with van der Waals surface area (Å²) in [5.74, 6) is -3.17. The molecule has 3 aromatic carbocycles. The van der Waals surface area contributed by atoms with Crippen molar-refractivity contribution in [3.05, 3.63) is 107 Å². The van der Waals surface area contributed by atoms with Crippen LogP contribution in [0.1, 0.15) is 47.4 Å². The molecular formula is C23H24F2N3O2P. The van der Waals surface area contributed by atoms with Crippen molar-refractivity contribution in [2.75, 3.05) is 0 Å². The van der Waals surface area contributed by atoms with E-state index in [4.69, 9.17) is 0 Å². The van der Waals surface area contributed by atoms with E-state index in [0.29, 0.717) is 0 Å². The Bertz CT molecular complexity index is 1010. The Morgan fingerprint density at radius 3 is 1.58 bits per heavy atom. The zero-order chi connectivity index (χ0) is 22.4. The monoisotopic (exact) mass is 443 g/mol. The van der Waals surface area contributed by atoms with Gasteiger partial charge in [-0.1, -0.05) is 66.7 Å². The highest BCUT2D eigenvalue weighted by molar-refractivity contribution is 7.58. The molecule has 0 aliphatic carbocycles. The molecule has 5 nitrogen and oxygen atoms in total. The second-order valence-electron chi connectivity index (χ2n) is 7.17. The van der Waals surface area contributed by atoms with E-state index in [-0.39, 0.29) is 0 Å². The van der Waals surface area contributed by atoms with Gasteiger partial charge in [-0.25, -0.2) is 19.0 Å². The van der Waals surface area contributed by atoms with Crippen molar-refractivity contribution >= 4 is 13.5 Å². The second kappa shape index (κ2) is 9.96. The van der Waals surface area contributed by atoms with Crippen molar-refractivity contribution < 1.29 is 18.1 Å². The molecule has 162 valence electrons. The average Bonchev–Trinajstić information content (AvgIpc) is 2.74. The Labute approximate surface area is 180 Å². The van der Waals surface area contributed by atoms with E-state index in [0.717, 1.165) is 29.3 Å². The van der Waals surface area contributed by atoms with E-state index in [1.807, 2.05) is 60.7 Å². The zero-order valence-corrected chi connectivity index (χ0v) is 18.1. The van der Waals surface area contributed by atoms with Crippen molar-refractivity contribution in [1.29, 1.82) is 0 Å². The Balaban J connectivity index is 1.89. The Morgan fingerprint density at radius 2 is 1.16 bits per heavy atom. The van der Waals surface area contributed by atoms with Crippen LogP contribution in [0.15, 0.2) is 78.9 Å². The molecule has 3 N–H and O–H groups in total. The van der Waals surface area contributed by atoms with Gasteiger partial charge in [0, 0.05) is 12.1 Å². The first-order valence-corrected chi connectivity index (χ1v) is 11.5. The molecule has 0 aliphatic heterocycles. The van der Waals surface area contributed by atoms with Gasteiger partial charge in [-0.15, -0.1) is 0 Å². The third-order valence-electron chi connectivity index (χ3n) is 4.80. The standard InChI is InChI=1S/C23H24F2N3O2P/c1-16(18-10-5-3-6-11-18)26-31(30,27-17(2)19-12-7-4-8-13-19)28-23(29)22-20(24)14-9-15-21(22)25/h3-17H,1-2H3,(H3,26,27,28,29,30)/t16-,17-/m1/s1. The maximum Gasteiger partial charge on any atom is 0.306 e. The fourth-order valence-corrected chi connectivity index (χ4v) is 5.18. The number of nitrogens with one attached hydrogen (secondary N) is 3. The number of hydrogen-bond donors (Lipinski definition) is 3. The summed E-state index contributed by atoms with van der Waals surface area (Å²) in [6.45, 7) is 3.57. The molecule has 0 saturated heterocycles. The van der Waals surface area contributed by atoms with Crippen LogP contribution in [0.5, 0.6) is 0 Å². The number of rotatable bonds is 8. The number of amides is 1. The summed E-state index contributed by atoms with van der Waals surface area (Å²) in [5, 5.41) is 8.14. The van der Waals surface area contributed by atoms with Crippen molar-refractivity contribution in [2.45, 2.75) is 25.9 Å². The highest BCUT2D eigenvalue weighted by atomic mass is 31.2. The lowest BCUT2D eigenvalue weighted by atomic mass is 10.1. The molecule has 0 saturated carbocycles. The van der Waals surface area contributed by atoms with Gasteiger partial charge in [0.25, 0.3) is 5.91 Å². The highest BCUT2D eigenvalue weighted by Gasteiger charge is 2.31. The average molecular weight is 443 g/mol. The lowest BCUT2D eigenvalue weighted by Crippen LogP contribution is -2.38. The Morgan fingerprint density at radius 1 is 0.742 bits per heavy atom. The van der Waals surface area contributed by atoms with Gasteiger partial charge in [0.1, 0.15) is 17.2 Å². The summed E-state index contributed by atoms with van der Waals surface area (Å²) in [4.78, 5) is 12.7. The quantitative estimate of drug-likeness (QED) is 0.402. The van der Waals surface area contributed by atoms with Crippen LogP contribution in [0.2, 0.25) is 0 Å². The molecule has 2 atom stereocenters. The largest absolute Gasteiger partial charge is 0.306 e. The zero-order valence-electron chi connectivity index (χ0n) is 17.2. The molecule has 0 radical (unpaired) electrons. The van der Waals surface area contributed by atoms with Gasteiger partial charge in [-0.05, 0) is 37.1 Å². The summed E-state index contributed by atoms with van der Waals surface area (Å²) in [5.41, 5.74) is 0.887. The summed E-state index contributed by atoms with van der Waals surface area (Å²) in [7, 11) is -3.86. The van der Waals surface area contributed by atoms with Gasteiger partial charge in [-0.3, -0.25) is 14.4 Å². The predicted octanol–water partition coefficient (Wildman–Crippen LogP) is 5.50. The predicted molar refractivity (Wildman–Crippen MR) is 117 cm³/mol. The topological polar surface area (TPSA) is 70.2 Å². The fraction of sp³-hybridized carbons (Fsp3) is 0.174. The molecule has 0 spiro atoms. The van der Waals surface area contributed by atoms with Crippen LogP contribution in [0.3, 0.4) is 0 Å². The molecule has 3 rings (SSSR count). The first-order chi connectivity index (χ1) is 14.8. The molecule has 0 fully saturated rings. The fourth-order valence-electron chi connectivity index (χ4n) is 3.19. The van der Waals surface area contributed by atoms with Gasteiger partial charge in [0.05, 0.1) is 0 Å². The van der Waals surface area contributed by atoms with Crippen molar-refractivity contribution in [3.8, 4) is 0 Å². The molecule has 0 heterocycles. The van der Waals surface area contributed by atoms with Crippen LogP contribution in [0.4, 0.5) is 8.78 Å². The number of halogens is 2. The second-order valence-corrected chi connectivity index (χ2v) is 9.13. The first kappa shape index (κ1) is 22.8. The lowest BCUT2D eigenvalue weighted by molar-refractivity contribution is 0.0971. The van der Waals surface area contributed by atoms with E-state index in [2.05, 4.69) is 15.3 Å². The van der Waals surface area contributed by atoms with Gasteiger partial charge in [0.15, 0.2) is 0 Å². The molecule has 1 amide bonds. The molecule has 0 bridgehead atoms.